The van der Waals surface area contributed by atoms with E-state index in [1.807, 2.05) is 0 Å². The van der Waals surface area contributed by atoms with E-state index in [2.05, 4.69) is 9.97 Å². The summed E-state index contributed by atoms with van der Waals surface area (Å²) in [5, 5.41) is 19.4. The Kier molecular flexibility index (Phi) is 4.13. The Hall–Kier alpha value is -1.55. The first-order chi connectivity index (χ1) is 10.8. The van der Waals surface area contributed by atoms with Crippen LogP contribution in [0.25, 0.3) is 10.3 Å². The number of nitrogens with zero attached hydrogens (tertiary/aromatic N) is 3. The van der Waals surface area contributed by atoms with E-state index in [1.165, 1.54) is 6.20 Å². The second kappa shape index (κ2) is 5.82. The van der Waals surface area contributed by atoms with Crippen LogP contribution in [0.2, 0.25) is 0 Å². The van der Waals surface area contributed by atoms with Crippen LogP contribution in [0.15, 0.2) is 11.0 Å². The van der Waals surface area contributed by atoms with Gasteiger partial charge in [-0.1, -0.05) is 11.3 Å². The molecule has 1 saturated carbocycles. The van der Waals surface area contributed by atoms with Gasteiger partial charge in [-0.3, -0.25) is 9.36 Å². The molecule has 0 amide bonds. The van der Waals surface area contributed by atoms with Crippen molar-refractivity contribution in [3.8, 4) is 0 Å². The third-order valence-corrected chi connectivity index (χ3v) is 4.86. The second-order valence-electron chi connectivity index (χ2n) is 6.34. The van der Waals surface area contributed by atoms with Crippen LogP contribution in [-0.2, 0) is 4.74 Å². The number of anilines is 1. The first-order valence-corrected chi connectivity index (χ1v) is 8.24. The summed E-state index contributed by atoms with van der Waals surface area (Å²) >= 11 is 1.05. The molecule has 2 aromatic rings. The highest BCUT2D eigenvalue weighted by Gasteiger charge is 2.40. The number of rotatable bonds is 4. The predicted molar refractivity (Wildman–Crippen MR) is 86.1 cm³/mol. The minimum atomic E-state index is -1.32. The van der Waals surface area contributed by atoms with Crippen LogP contribution in [0.3, 0.4) is 0 Å². The smallest absolute Gasteiger partial charge is 0.309 e. The lowest BCUT2D eigenvalue weighted by Crippen LogP contribution is -2.35. The Bertz CT molecular complexity index is 766. The van der Waals surface area contributed by atoms with Gasteiger partial charge < -0.3 is 20.7 Å². The average molecular weight is 340 g/mol. The molecule has 3 atom stereocenters. The molecule has 9 heteroatoms. The maximum atomic E-state index is 12.4. The molecular weight excluding hydrogens is 320 g/mol. The van der Waals surface area contributed by atoms with E-state index < -0.39 is 5.79 Å². The third kappa shape index (κ3) is 3.23. The molecule has 2 aromatic heterocycles. The van der Waals surface area contributed by atoms with Gasteiger partial charge >= 0.3 is 4.87 Å². The van der Waals surface area contributed by atoms with Crippen molar-refractivity contribution in [2.75, 3.05) is 12.3 Å². The average Bonchev–Trinajstić information content (AvgIpc) is 2.96. The summed E-state index contributed by atoms with van der Waals surface area (Å²) < 4.78 is 7.93. The summed E-state index contributed by atoms with van der Waals surface area (Å²) in [4.78, 5) is 20.4. The van der Waals surface area contributed by atoms with Crippen molar-refractivity contribution in [1.29, 1.82) is 0 Å². The van der Waals surface area contributed by atoms with Crippen LogP contribution in [0.5, 0.6) is 0 Å². The second-order valence-corrected chi connectivity index (χ2v) is 7.34. The molecule has 0 radical (unpaired) electrons. The van der Waals surface area contributed by atoms with Crippen molar-refractivity contribution in [1.82, 2.24) is 14.5 Å². The highest BCUT2D eigenvalue weighted by Crippen LogP contribution is 2.39. The van der Waals surface area contributed by atoms with Gasteiger partial charge in [0.1, 0.15) is 0 Å². The standard InChI is InChI=1S/C14H20N4O4S/c1-14(2,21)22-9-4-7(6-19)3-8(9)18-11-10(23-13(18)20)5-16-12(15)17-11/h5,7-9,19,21H,3-4,6H2,1-2H3,(H2,15,16,17)/t7-,8+,9+/m0/s1. The summed E-state index contributed by atoms with van der Waals surface area (Å²) in [6, 6.07) is -0.311. The number of nitrogens with two attached hydrogens (primary N) is 1. The minimum absolute atomic E-state index is 0.00776. The molecule has 0 saturated heterocycles. The Morgan fingerprint density at radius 1 is 1.52 bits per heavy atom. The van der Waals surface area contributed by atoms with E-state index in [0.29, 0.717) is 23.2 Å². The lowest BCUT2D eigenvalue weighted by Gasteiger charge is -2.28. The van der Waals surface area contributed by atoms with Crippen LogP contribution in [0.4, 0.5) is 5.95 Å². The Labute approximate surface area is 136 Å². The van der Waals surface area contributed by atoms with E-state index in [1.54, 1.807) is 18.4 Å². The molecule has 126 valence electrons. The van der Waals surface area contributed by atoms with Crippen LogP contribution in [0.1, 0.15) is 32.7 Å². The molecule has 8 nitrogen and oxygen atoms in total. The summed E-state index contributed by atoms with van der Waals surface area (Å²) in [7, 11) is 0. The van der Waals surface area contributed by atoms with E-state index >= 15 is 0 Å². The van der Waals surface area contributed by atoms with E-state index in [-0.39, 0.29) is 35.5 Å². The molecule has 0 aliphatic heterocycles. The molecule has 1 aliphatic rings. The number of nitrogen functional groups attached to an aromatic ring is 1. The van der Waals surface area contributed by atoms with Gasteiger partial charge in [0.25, 0.3) is 0 Å². The fourth-order valence-electron chi connectivity index (χ4n) is 3.13. The quantitative estimate of drug-likeness (QED) is 0.692. The van der Waals surface area contributed by atoms with Crippen LogP contribution >= 0.6 is 11.3 Å². The monoisotopic (exact) mass is 340 g/mol. The summed E-state index contributed by atoms with van der Waals surface area (Å²) in [5.74, 6) is -1.22. The predicted octanol–water partition coefficient (Wildman–Crippen LogP) is 0.492. The van der Waals surface area contributed by atoms with Crippen molar-refractivity contribution in [3.05, 3.63) is 15.9 Å². The van der Waals surface area contributed by atoms with Gasteiger partial charge in [-0.25, -0.2) is 4.98 Å². The zero-order chi connectivity index (χ0) is 16.8. The minimum Gasteiger partial charge on any atom is -0.396 e. The van der Waals surface area contributed by atoms with Gasteiger partial charge in [0, 0.05) is 6.61 Å². The third-order valence-electron chi connectivity index (χ3n) is 3.98. The fourth-order valence-corrected chi connectivity index (χ4v) is 3.98. The molecule has 0 aromatic carbocycles. The van der Waals surface area contributed by atoms with Crippen LogP contribution < -0.4 is 10.6 Å². The van der Waals surface area contributed by atoms with Crippen LogP contribution in [0, 0.1) is 5.92 Å². The largest absolute Gasteiger partial charge is 0.396 e. The normalized spacial score (nSPS) is 25.3. The Balaban J connectivity index is 2.06. The first-order valence-electron chi connectivity index (χ1n) is 7.43. The van der Waals surface area contributed by atoms with Gasteiger partial charge in [0.2, 0.25) is 5.95 Å². The number of thiazole rings is 1. The zero-order valence-corrected chi connectivity index (χ0v) is 13.8. The molecule has 0 unspecified atom stereocenters. The van der Waals surface area contributed by atoms with Gasteiger partial charge in [0.05, 0.1) is 23.0 Å². The van der Waals surface area contributed by atoms with Crippen molar-refractivity contribution in [2.24, 2.45) is 5.92 Å². The number of hydrogen-bond acceptors (Lipinski definition) is 8. The van der Waals surface area contributed by atoms with Crippen molar-refractivity contribution in [2.45, 2.75) is 44.6 Å². The lowest BCUT2D eigenvalue weighted by atomic mass is 10.1. The van der Waals surface area contributed by atoms with Gasteiger partial charge in [-0.05, 0) is 32.6 Å². The number of aromatic nitrogens is 3. The molecule has 2 heterocycles. The number of aliphatic hydroxyl groups excluding tert-OH is 1. The summed E-state index contributed by atoms with van der Waals surface area (Å²) in [6.45, 7) is 3.10. The van der Waals surface area contributed by atoms with Gasteiger partial charge in [-0.15, -0.1) is 0 Å². The van der Waals surface area contributed by atoms with Crippen molar-refractivity contribution < 1.29 is 14.9 Å². The highest BCUT2D eigenvalue weighted by molar-refractivity contribution is 7.16. The maximum Gasteiger partial charge on any atom is 0.309 e. The van der Waals surface area contributed by atoms with Gasteiger partial charge in [0.15, 0.2) is 11.4 Å². The lowest BCUT2D eigenvalue weighted by molar-refractivity contribution is -0.211. The molecule has 0 bridgehead atoms. The van der Waals surface area contributed by atoms with E-state index in [9.17, 15) is 15.0 Å². The molecule has 4 N–H and O–H groups in total. The topological polar surface area (TPSA) is 123 Å². The number of fused-ring (bicyclic) bond motifs is 1. The molecule has 3 rings (SSSR count). The SMILES string of the molecule is CC(C)(O)O[C@@H]1C[C@@H](CO)C[C@H]1n1c(=O)sc2cnc(N)nc21. The number of aliphatic hydroxyl groups is 2. The van der Waals surface area contributed by atoms with Crippen molar-refractivity contribution >= 4 is 27.6 Å². The maximum absolute atomic E-state index is 12.4. The van der Waals surface area contributed by atoms with Crippen molar-refractivity contribution in [3.63, 3.8) is 0 Å². The van der Waals surface area contributed by atoms with Gasteiger partial charge in [-0.2, -0.15) is 4.98 Å². The summed E-state index contributed by atoms with van der Waals surface area (Å²) in [5.41, 5.74) is 6.12. The molecule has 23 heavy (non-hydrogen) atoms. The summed E-state index contributed by atoms with van der Waals surface area (Å²) in [6.07, 6.45) is 2.28. The molecule has 1 fully saturated rings. The Morgan fingerprint density at radius 2 is 2.26 bits per heavy atom. The first kappa shape index (κ1) is 16.3. The Morgan fingerprint density at radius 3 is 2.91 bits per heavy atom. The highest BCUT2D eigenvalue weighted by atomic mass is 32.1. The molecule has 1 aliphatic carbocycles. The van der Waals surface area contributed by atoms with E-state index in [4.69, 9.17) is 10.5 Å². The fraction of sp³-hybridized carbons (Fsp3) is 0.643. The number of ether oxygens (including phenoxy) is 1. The zero-order valence-electron chi connectivity index (χ0n) is 13.0. The number of hydrogen-bond donors (Lipinski definition) is 3. The molecule has 0 spiro atoms. The van der Waals surface area contributed by atoms with E-state index in [0.717, 1.165) is 11.3 Å². The van der Waals surface area contributed by atoms with Crippen LogP contribution in [-0.4, -0.2) is 43.2 Å². The molecular formula is C14H20N4O4S.